The molecular weight excluding hydrogens is 220 g/mol. The van der Waals surface area contributed by atoms with Crippen molar-refractivity contribution in [3.05, 3.63) is 0 Å². The molecule has 0 aromatic carbocycles. The van der Waals surface area contributed by atoms with E-state index in [0.717, 1.165) is 0 Å². The second-order valence-electron chi connectivity index (χ2n) is 0. The van der Waals surface area contributed by atoms with Crippen LogP contribution >= 0.6 is 0 Å². The molecule has 0 fully saturated rings. The van der Waals surface area contributed by atoms with Gasteiger partial charge in [0.05, 0.1) is 0 Å². The maximum Gasteiger partial charge on any atom is 3.00 e. The molecule has 0 saturated carbocycles. The van der Waals surface area contributed by atoms with Crippen LogP contribution < -0.4 is 5.26 Å². The van der Waals surface area contributed by atoms with Crippen molar-refractivity contribution in [3.8, 4) is 0 Å². The van der Waals surface area contributed by atoms with Crippen molar-refractivity contribution in [1.82, 2.24) is 0 Å². The Kier molecular flexibility index (Phi) is 9020. The van der Waals surface area contributed by atoms with Gasteiger partial charge in [-0.15, -0.1) is 0 Å². The molecule has 0 atom stereocenters. The molecule has 0 amide bonds. The molecule has 0 spiro atoms. The normalized spacial score (nSPS) is 1.33. The first-order chi connectivity index (χ1) is 2.00. The molecular formula is CH10Fe2O6+3. The Morgan fingerprint density at radius 3 is 1.00 bits per heavy atom. The van der Waals surface area contributed by atoms with Gasteiger partial charge in [0.2, 0.25) is 0 Å². The average Bonchev–Trinajstić information content (AvgIpc) is 1.50. The molecule has 8 heteroatoms. The van der Waals surface area contributed by atoms with E-state index in [9.17, 15) is 0 Å². The van der Waals surface area contributed by atoms with Crippen LogP contribution in [-0.2, 0) is 34.1 Å². The van der Waals surface area contributed by atoms with E-state index in [-0.39, 0.29) is 52.5 Å². The van der Waals surface area contributed by atoms with Crippen molar-refractivity contribution in [2.75, 3.05) is 0 Å². The fourth-order valence-corrected chi connectivity index (χ4v) is 0. The monoisotopic (exact) mass is 230 g/mol. The van der Waals surface area contributed by atoms with Gasteiger partial charge in [0.25, 0.3) is 0 Å². The summed E-state index contributed by atoms with van der Waals surface area (Å²) >= 11 is 0. The predicted octanol–water partition coefficient (Wildman–Crippen LogP) is -1.53. The third kappa shape index (κ3) is 637. The first kappa shape index (κ1) is 96.8. The molecule has 0 bridgehead atoms. The standard InChI is InChI=1S/CH4.2Fe.2H2O2.2H2O/c;;;2*1-2;;/h1H4;;;2*1-2H;2*1H2/q;+2;+3;;;;/p-2. The molecule has 9 heavy (non-hydrogen) atoms. The molecule has 0 unspecified atom stereocenters. The molecule has 0 heterocycles. The smallest absolute Gasteiger partial charge is 0.870 e. The summed E-state index contributed by atoms with van der Waals surface area (Å²) < 4.78 is 0. The van der Waals surface area contributed by atoms with E-state index in [1.165, 1.54) is 0 Å². The van der Waals surface area contributed by atoms with Crippen molar-refractivity contribution in [2.24, 2.45) is 0 Å². The van der Waals surface area contributed by atoms with Crippen LogP contribution in [-0.4, -0.2) is 26.7 Å². The van der Waals surface area contributed by atoms with E-state index in [1.54, 1.807) is 0 Å². The van der Waals surface area contributed by atoms with Gasteiger partial charge in [0, 0.05) is 0 Å². The molecule has 63 valence electrons. The molecule has 0 aliphatic heterocycles. The van der Waals surface area contributed by atoms with Crippen molar-refractivity contribution >= 4 is 0 Å². The van der Waals surface area contributed by atoms with Gasteiger partial charge in [-0.1, -0.05) is 7.43 Å². The fourth-order valence-electron chi connectivity index (χ4n) is 0. The van der Waals surface area contributed by atoms with Gasteiger partial charge >= 0.3 is 34.1 Å². The van der Waals surface area contributed by atoms with E-state index < -0.39 is 0 Å². The molecule has 0 aromatic heterocycles. The van der Waals surface area contributed by atoms with E-state index in [2.05, 4.69) is 0 Å². The van der Waals surface area contributed by atoms with Crippen LogP contribution in [0, 0.1) is 0 Å². The van der Waals surface area contributed by atoms with Gasteiger partial charge in [-0.05, 0) is 0 Å². The minimum atomic E-state index is 0. The predicted molar refractivity (Wildman–Crippen MR) is 20.2 cm³/mol. The first-order valence-electron chi connectivity index (χ1n) is 0.383. The minimum Gasteiger partial charge on any atom is -0.870 e. The van der Waals surface area contributed by atoms with Crippen LogP contribution in [0.25, 0.3) is 0 Å². The molecule has 0 aromatic rings. The molecule has 0 aliphatic rings. The van der Waals surface area contributed by atoms with E-state index >= 15 is 0 Å². The summed E-state index contributed by atoms with van der Waals surface area (Å²) in [5, 5.41) is 25.0. The number of rotatable bonds is 0. The Labute approximate surface area is 73.9 Å². The van der Waals surface area contributed by atoms with Crippen LogP contribution in [0.5, 0.6) is 0 Å². The third-order valence-corrected chi connectivity index (χ3v) is 0. The number of hydrogen-bond donors (Lipinski definition) is 3. The molecule has 6 N–H and O–H groups in total. The van der Waals surface area contributed by atoms with Crippen molar-refractivity contribution in [1.29, 1.82) is 0 Å². The minimum absolute atomic E-state index is 0. The second-order valence-corrected chi connectivity index (χ2v) is 0. The number of hydrogen-bond acceptors (Lipinski definition) is 5. The molecule has 1 radical (unpaired) electrons. The van der Waals surface area contributed by atoms with Crippen molar-refractivity contribution < 1.29 is 66.1 Å². The van der Waals surface area contributed by atoms with Gasteiger partial charge in [0.15, 0.2) is 0 Å². The molecule has 0 aliphatic carbocycles. The summed E-state index contributed by atoms with van der Waals surface area (Å²) in [6, 6.07) is 0. The fraction of sp³-hybridized carbons (Fsp3) is 1.00. The molecule has 0 rings (SSSR count). The largest absolute Gasteiger partial charge is 3.00 e. The van der Waals surface area contributed by atoms with Gasteiger partial charge in [-0.3, -0.25) is 10.5 Å². The summed E-state index contributed by atoms with van der Waals surface area (Å²) in [5.41, 5.74) is 0. The van der Waals surface area contributed by atoms with Crippen LogP contribution in [0.3, 0.4) is 0 Å². The maximum absolute atomic E-state index is 7.25. The van der Waals surface area contributed by atoms with Crippen LogP contribution in [0.4, 0.5) is 0 Å². The average molecular weight is 230 g/mol. The quantitative estimate of drug-likeness (QED) is 0.262. The zero-order valence-electron chi connectivity index (χ0n) is 3.40. The van der Waals surface area contributed by atoms with Crippen molar-refractivity contribution in [2.45, 2.75) is 7.43 Å². The SMILES string of the molecule is C.O.OO.[Fe+2].[Fe+3].[O-]O.[OH-]. The summed E-state index contributed by atoms with van der Waals surface area (Å²) in [4.78, 5) is 0. The Hall–Kier alpha value is 0.799. The Balaban J connectivity index is -0.00000000114. The second kappa shape index (κ2) is 838. The van der Waals surface area contributed by atoms with E-state index in [0.29, 0.717) is 0 Å². The third-order valence-electron chi connectivity index (χ3n) is 0. The van der Waals surface area contributed by atoms with Crippen LogP contribution in [0.2, 0.25) is 0 Å². The zero-order chi connectivity index (χ0) is 4.00. The van der Waals surface area contributed by atoms with Gasteiger partial charge in [-0.2, -0.15) is 0 Å². The van der Waals surface area contributed by atoms with E-state index in [1.807, 2.05) is 0 Å². The Morgan fingerprint density at radius 2 is 1.00 bits per heavy atom. The zero-order valence-corrected chi connectivity index (χ0v) is 5.61. The summed E-state index contributed by atoms with van der Waals surface area (Å²) in [6.45, 7) is 0. The van der Waals surface area contributed by atoms with Gasteiger partial charge in [0.1, 0.15) is 0 Å². The summed E-state index contributed by atoms with van der Waals surface area (Å²) in [7, 11) is 0. The Morgan fingerprint density at radius 1 is 1.00 bits per heavy atom. The topological polar surface area (TPSA) is 145 Å². The first-order valence-corrected chi connectivity index (χ1v) is 0.383. The van der Waals surface area contributed by atoms with E-state index in [4.69, 9.17) is 21.0 Å². The van der Waals surface area contributed by atoms with Crippen LogP contribution in [0.15, 0.2) is 0 Å². The van der Waals surface area contributed by atoms with Crippen molar-refractivity contribution in [3.63, 3.8) is 0 Å². The maximum atomic E-state index is 7.25. The Bertz CT molecular complexity index is 11.0. The van der Waals surface area contributed by atoms with Gasteiger partial charge in [-0.25, -0.2) is 0 Å². The molecule has 6 nitrogen and oxygen atoms in total. The summed E-state index contributed by atoms with van der Waals surface area (Å²) in [5.74, 6) is 0. The summed E-state index contributed by atoms with van der Waals surface area (Å²) in [6.07, 6.45) is 0. The molecule has 0 saturated heterocycles. The van der Waals surface area contributed by atoms with Gasteiger partial charge < -0.3 is 21.5 Å². The van der Waals surface area contributed by atoms with Crippen LogP contribution in [0.1, 0.15) is 7.43 Å².